The van der Waals surface area contributed by atoms with Gasteiger partial charge in [-0.15, -0.1) is 0 Å². The Morgan fingerprint density at radius 3 is 2.67 bits per heavy atom. The van der Waals surface area contributed by atoms with Crippen LogP contribution in [0.5, 0.6) is 11.5 Å². The van der Waals surface area contributed by atoms with Gasteiger partial charge >= 0.3 is 0 Å². The van der Waals surface area contributed by atoms with Gasteiger partial charge in [0.15, 0.2) is 11.5 Å². The lowest BCUT2D eigenvalue weighted by molar-refractivity contribution is 0.174. The monoisotopic (exact) mass is 364 g/mol. The highest BCUT2D eigenvalue weighted by molar-refractivity contribution is 7.89. The van der Waals surface area contributed by atoms with Crippen LogP contribution in [0.15, 0.2) is 41.3 Å². The van der Waals surface area contributed by atoms with Gasteiger partial charge in [-0.05, 0) is 42.8 Å². The number of hydrogen-bond acceptors (Lipinski definition) is 5. The topological polar surface area (TPSA) is 88.4 Å². The van der Waals surface area contributed by atoms with Gasteiger partial charge in [-0.25, -0.2) is 13.1 Å². The minimum Gasteiger partial charge on any atom is -0.454 e. The lowest BCUT2D eigenvalue weighted by Gasteiger charge is -2.15. The molecule has 2 aromatic carbocycles. The van der Waals surface area contributed by atoms with E-state index < -0.39 is 16.1 Å². The Labute approximate surface area is 144 Å². The third-order valence-electron chi connectivity index (χ3n) is 3.60. The van der Waals surface area contributed by atoms with Gasteiger partial charge in [0, 0.05) is 6.04 Å². The summed E-state index contributed by atoms with van der Waals surface area (Å²) in [6.45, 7) is 1.88. The molecule has 0 radical (unpaired) electrons. The SMILES string of the molecule is CC(NS(=O)(=O)c1ccc(C#N)c(Cl)c1)c1ccc2c(c1)OCO2. The highest BCUT2D eigenvalue weighted by atomic mass is 35.5. The quantitative estimate of drug-likeness (QED) is 0.900. The Morgan fingerprint density at radius 2 is 1.96 bits per heavy atom. The largest absolute Gasteiger partial charge is 0.454 e. The second kappa shape index (κ2) is 6.32. The van der Waals surface area contributed by atoms with Crippen LogP contribution in [0.4, 0.5) is 0 Å². The number of nitrogens with zero attached hydrogens (tertiary/aromatic N) is 1. The van der Waals surface area contributed by atoms with E-state index in [4.69, 9.17) is 26.3 Å². The smallest absolute Gasteiger partial charge is 0.241 e. The predicted octanol–water partition coefficient (Wildman–Crippen LogP) is 2.98. The van der Waals surface area contributed by atoms with Crippen LogP contribution < -0.4 is 14.2 Å². The Morgan fingerprint density at radius 1 is 1.21 bits per heavy atom. The first-order valence-corrected chi connectivity index (χ1v) is 8.88. The maximum Gasteiger partial charge on any atom is 0.241 e. The summed E-state index contributed by atoms with van der Waals surface area (Å²) < 4.78 is 38.1. The molecule has 0 amide bonds. The van der Waals surface area contributed by atoms with Crippen molar-refractivity contribution in [3.05, 3.63) is 52.5 Å². The zero-order valence-corrected chi connectivity index (χ0v) is 14.2. The van der Waals surface area contributed by atoms with E-state index in [0.29, 0.717) is 11.5 Å². The van der Waals surface area contributed by atoms with Crippen LogP contribution in [0, 0.1) is 11.3 Å². The van der Waals surface area contributed by atoms with Crippen LogP contribution >= 0.6 is 11.6 Å². The summed E-state index contributed by atoms with van der Waals surface area (Å²) in [5.41, 5.74) is 0.960. The number of halogens is 1. The molecule has 0 saturated carbocycles. The average Bonchev–Trinajstić information content (AvgIpc) is 3.01. The van der Waals surface area contributed by atoms with Crippen molar-refractivity contribution < 1.29 is 17.9 Å². The maximum atomic E-state index is 12.5. The van der Waals surface area contributed by atoms with Crippen molar-refractivity contribution in [1.29, 1.82) is 5.26 Å². The van der Waals surface area contributed by atoms with Crippen LogP contribution in [0.3, 0.4) is 0 Å². The molecular formula is C16H13ClN2O4S. The molecular weight excluding hydrogens is 352 g/mol. The van der Waals surface area contributed by atoms with Crippen LogP contribution in [-0.4, -0.2) is 15.2 Å². The Bertz CT molecular complexity index is 938. The molecule has 1 aliphatic heterocycles. The van der Waals surface area contributed by atoms with Crippen LogP contribution in [-0.2, 0) is 10.0 Å². The van der Waals surface area contributed by atoms with Crippen molar-refractivity contribution in [1.82, 2.24) is 4.72 Å². The number of rotatable bonds is 4. The first-order valence-electron chi connectivity index (χ1n) is 7.02. The van der Waals surface area contributed by atoms with Crippen molar-refractivity contribution in [2.75, 3.05) is 6.79 Å². The minimum atomic E-state index is -3.79. The number of sulfonamides is 1. The molecule has 0 fully saturated rings. The maximum absolute atomic E-state index is 12.5. The third kappa shape index (κ3) is 3.17. The van der Waals surface area contributed by atoms with Gasteiger partial charge < -0.3 is 9.47 Å². The molecule has 6 nitrogen and oxygen atoms in total. The van der Waals surface area contributed by atoms with E-state index in [1.54, 1.807) is 25.1 Å². The molecule has 8 heteroatoms. The lowest BCUT2D eigenvalue weighted by atomic mass is 10.1. The Balaban J connectivity index is 1.84. The number of hydrogen-bond donors (Lipinski definition) is 1. The summed E-state index contributed by atoms with van der Waals surface area (Å²) in [6.07, 6.45) is 0. The average molecular weight is 365 g/mol. The number of ether oxygens (including phenoxy) is 2. The summed E-state index contributed by atoms with van der Waals surface area (Å²) in [5.74, 6) is 1.22. The Kier molecular flexibility index (Phi) is 4.37. The zero-order chi connectivity index (χ0) is 17.3. The predicted molar refractivity (Wildman–Crippen MR) is 87.5 cm³/mol. The fourth-order valence-electron chi connectivity index (χ4n) is 2.30. The highest BCUT2D eigenvalue weighted by Crippen LogP contribution is 2.34. The van der Waals surface area contributed by atoms with Crippen molar-refractivity contribution in [3.63, 3.8) is 0 Å². The van der Waals surface area contributed by atoms with E-state index in [1.807, 2.05) is 6.07 Å². The third-order valence-corrected chi connectivity index (χ3v) is 5.45. The molecule has 1 aliphatic rings. The van der Waals surface area contributed by atoms with E-state index >= 15 is 0 Å². The van der Waals surface area contributed by atoms with E-state index in [9.17, 15) is 8.42 Å². The first-order chi connectivity index (χ1) is 11.4. The van der Waals surface area contributed by atoms with Gasteiger partial charge in [0.05, 0.1) is 15.5 Å². The van der Waals surface area contributed by atoms with Crippen molar-refractivity contribution >= 4 is 21.6 Å². The fraction of sp³-hybridized carbons (Fsp3) is 0.188. The molecule has 124 valence electrons. The summed E-state index contributed by atoms with van der Waals surface area (Å²) >= 11 is 5.91. The van der Waals surface area contributed by atoms with Crippen LogP contribution in [0.2, 0.25) is 5.02 Å². The molecule has 1 heterocycles. The van der Waals surface area contributed by atoms with Crippen LogP contribution in [0.1, 0.15) is 24.1 Å². The Hall–Kier alpha value is -2.27. The van der Waals surface area contributed by atoms with Gasteiger partial charge in [0.1, 0.15) is 6.07 Å². The molecule has 2 aromatic rings. The van der Waals surface area contributed by atoms with Gasteiger partial charge in [-0.1, -0.05) is 17.7 Å². The summed E-state index contributed by atoms with van der Waals surface area (Å²) in [4.78, 5) is -0.000840. The van der Waals surface area contributed by atoms with E-state index in [-0.39, 0.29) is 22.3 Å². The van der Waals surface area contributed by atoms with Crippen molar-refractivity contribution in [2.45, 2.75) is 17.9 Å². The lowest BCUT2D eigenvalue weighted by Crippen LogP contribution is -2.26. The van der Waals surface area contributed by atoms with Crippen molar-refractivity contribution in [3.8, 4) is 17.6 Å². The second-order valence-corrected chi connectivity index (χ2v) is 7.33. The summed E-state index contributed by atoms with van der Waals surface area (Å²) in [7, 11) is -3.79. The molecule has 1 N–H and O–H groups in total. The molecule has 0 aliphatic carbocycles. The van der Waals surface area contributed by atoms with E-state index in [1.165, 1.54) is 18.2 Å². The number of nitrogens with one attached hydrogen (secondary N) is 1. The minimum absolute atomic E-state index is 0.000840. The summed E-state index contributed by atoms with van der Waals surface area (Å²) in [6, 6.07) is 10.6. The number of benzene rings is 2. The molecule has 0 saturated heterocycles. The standard InChI is InChI=1S/C16H13ClN2O4S/c1-10(11-3-5-15-16(6-11)23-9-22-15)19-24(20,21)13-4-2-12(8-18)14(17)7-13/h2-7,10,19H,9H2,1H3. The first kappa shape index (κ1) is 16.6. The van der Waals surface area contributed by atoms with E-state index in [0.717, 1.165) is 5.56 Å². The molecule has 24 heavy (non-hydrogen) atoms. The van der Waals surface area contributed by atoms with Gasteiger partial charge in [0.2, 0.25) is 16.8 Å². The van der Waals surface area contributed by atoms with Gasteiger partial charge in [0.25, 0.3) is 0 Å². The number of nitriles is 1. The molecule has 0 aromatic heterocycles. The molecule has 0 bridgehead atoms. The highest BCUT2D eigenvalue weighted by Gasteiger charge is 2.21. The van der Waals surface area contributed by atoms with E-state index in [2.05, 4.69) is 4.72 Å². The number of fused-ring (bicyclic) bond motifs is 1. The van der Waals surface area contributed by atoms with Gasteiger partial charge in [-0.2, -0.15) is 5.26 Å². The second-order valence-electron chi connectivity index (χ2n) is 5.21. The zero-order valence-electron chi connectivity index (χ0n) is 12.6. The molecule has 1 unspecified atom stereocenters. The normalized spacial score (nSPS) is 14.2. The van der Waals surface area contributed by atoms with Gasteiger partial charge in [-0.3, -0.25) is 0 Å². The van der Waals surface area contributed by atoms with Crippen molar-refractivity contribution in [2.24, 2.45) is 0 Å². The molecule has 3 rings (SSSR count). The fourth-order valence-corrected chi connectivity index (χ4v) is 3.85. The molecule has 1 atom stereocenters. The molecule has 0 spiro atoms. The summed E-state index contributed by atoms with van der Waals surface area (Å²) in [5, 5.41) is 8.96. The van der Waals surface area contributed by atoms with Crippen LogP contribution in [0.25, 0.3) is 0 Å².